The molecule has 0 spiro atoms. The minimum absolute atomic E-state index is 0.141. The van der Waals surface area contributed by atoms with Gasteiger partial charge in [0.25, 0.3) is 0 Å². The van der Waals surface area contributed by atoms with E-state index in [0.717, 1.165) is 11.6 Å². The molecule has 4 rings (SSSR count). The predicted octanol–water partition coefficient (Wildman–Crippen LogP) is 4.16. The van der Waals surface area contributed by atoms with Crippen molar-refractivity contribution in [1.82, 2.24) is 14.8 Å². The molecule has 0 fully saturated rings. The lowest BCUT2D eigenvalue weighted by Gasteiger charge is -2.11. The summed E-state index contributed by atoms with van der Waals surface area (Å²) in [6.45, 7) is 4.74. The Labute approximate surface area is 176 Å². The summed E-state index contributed by atoms with van der Waals surface area (Å²) in [5.74, 6) is 2.88. The smallest absolute Gasteiger partial charge is 0.234 e. The molecule has 0 atom stereocenters. The summed E-state index contributed by atoms with van der Waals surface area (Å²) >= 11 is 7.52. The maximum Gasteiger partial charge on any atom is 0.234 e. The molecule has 29 heavy (non-hydrogen) atoms. The number of furan rings is 1. The summed E-state index contributed by atoms with van der Waals surface area (Å²) in [4.78, 5) is 12.5. The Balaban J connectivity index is 1.44. The quantitative estimate of drug-likeness (QED) is 0.558. The van der Waals surface area contributed by atoms with Gasteiger partial charge in [-0.25, -0.2) is 0 Å². The standard InChI is InChI=1S/C19H19ClN4O4S/c1-11(2)18-22-23-19(24(18)8-12-4-3-5-26-12)29-9-17(25)21-14-7-16-15(6-13(14)20)27-10-28-16/h3-7,11H,8-10H2,1-2H3,(H,21,25). The van der Waals surface area contributed by atoms with Crippen molar-refractivity contribution < 1.29 is 18.7 Å². The SMILES string of the molecule is CC(C)c1nnc(SCC(=O)Nc2cc3c(cc2Cl)OCO3)n1Cc1ccco1. The summed E-state index contributed by atoms with van der Waals surface area (Å²) in [7, 11) is 0. The van der Waals surface area contributed by atoms with Gasteiger partial charge in [-0.2, -0.15) is 0 Å². The maximum absolute atomic E-state index is 12.5. The average molecular weight is 435 g/mol. The van der Waals surface area contributed by atoms with Gasteiger partial charge in [-0.3, -0.25) is 9.36 Å². The van der Waals surface area contributed by atoms with Crippen molar-refractivity contribution in [2.24, 2.45) is 0 Å². The molecule has 1 aliphatic heterocycles. The van der Waals surface area contributed by atoms with Crippen molar-refractivity contribution in [3.63, 3.8) is 0 Å². The van der Waals surface area contributed by atoms with E-state index >= 15 is 0 Å². The Morgan fingerprint density at radius 3 is 2.83 bits per heavy atom. The molecule has 3 aromatic rings. The van der Waals surface area contributed by atoms with Crippen LogP contribution in [-0.2, 0) is 11.3 Å². The van der Waals surface area contributed by atoms with Gasteiger partial charge in [0.15, 0.2) is 16.7 Å². The second kappa shape index (κ2) is 8.38. The molecule has 1 aromatic carbocycles. The fourth-order valence-corrected chi connectivity index (χ4v) is 3.82. The van der Waals surface area contributed by atoms with E-state index in [1.807, 2.05) is 30.5 Å². The van der Waals surface area contributed by atoms with Crippen LogP contribution in [0, 0.1) is 0 Å². The second-order valence-corrected chi connectivity index (χ2v) is 8.03. The highest BCUT2D eigenvalue weighted by molar-refractivity contribution is 7.99. The average Bonchev–Trinajstić information content (AvgIpc) is 3.42. The number of thioether (sulfide) groups is 1. The fourth-order valence-electron chi connectivity index (χ4n) is 2.87. The number of fused-ring (bicyclic) bond motifs is 1. The molecular weight excluding hydrogens is 416 g/mol. The largest absolute Gasteiger partial charge is 0.467 e. The van der Waals surface area contributed by atoms with E-state index in [2.05, 4.69) is 15.5 Å². The van der Waals surface area contributed by atoms with Crippen molar-refractivity contribution in [2.45, 2.75) is 31.5 Å². The van der Waals surface area contributed by atoms with Crippen LogP contribution in [0.4, 0.5) is 5.69 Å². The molecule has 0 saturated carbocycles. The third-order valence-electron chi connectivity index (χ3n) is 4.22. The summed E-state index contributed by atoms with van der Waals surface area (Å²) in [5.41, 5.74) is 0.474. The molecule has 1 amide bonds. The molecule has 1 aliphatic rings. The van der Waals surface area contributed by atoms with Crippen LogP contribution in [0.3, 0.4) is 0 Å². The highest BCUT2D eigenvalue weighted by atomic mass is 35.5. The minimum atomic E-state index is -0.214. The molecule has 0 bridgehead atoms. The number of anilines is 1. The molecule has 0 unspecified atom stereocenters. The van der Waals surface area contributed by atoms with Gasteiger partial charge in [0.2, 0.25) is 12.7 Å². The summed E-state index contributed by atoms with van der Waals surface area (Å²) in [6.07, 6.45) is 1.63. The van der Waals surface area contributed by atoms with E-state index < -0.39 is 0 Å². The van der Waals surface area contributed by atoms with Crippen molar-refractivity contribution >= 4 is 35.0 Å². The van der Waals surface area contributed by atoms with Gasteiger partial charge in [-0.15, -0.1) is 10.2 Å². The Morgan fingerprint density at radius 1 is 1.31 bits per heavy atom. The van der Waals surface area contributed by atoms with Gasteiger partial charge in [0.05, 0.1) is 29.3 Å². The normalized spacial score (nSPS) is 12.6. The number of carbonyl (C=O) groups excluding carboxylic acids is 1. The number of nitrogens with zero attached hydrogens (tertiary/aromatic N) is 3. The first kappa shape index (κ1) is 19.7. The third-order valence-corrected chi connectivity index (χ3v) is 5.50. The van der Waals surface area contributed by atoms with Gasteiger partial charge >= 0.3 is 0 Å². The number of aromatic nitrogens is 3. The lowest BCUT2D eigenvalue weighted by Crippen LogP contribution is -2.15. The van der Waals surface area contributed by atoms with E-state index in [1.54, 1.807) is 18.4 Å². The van der Waals surface area contributed by atoms with Crippen molar-refractivity contribution in [3.05, 3.63) is 47.1 Å². The predicted molar refractivity (Wildman–Crippen MR) is 109 cm³/mol. The maximum atomic E-state index is 12.5. The van der Waals surface area contributed by atoms with E-state index in [1.165, 1.54) is 11.8 Å². The minimum Gasteiger partial charge on any atom is -0.467 e. The molecule has 0 radical (unpaired) electrons. The first-order chi connectivity index (χ1) is 14.0. The summed E-state index contributed by atoms with van der Waals surface area (Å²) in [5, 5.41) is 12.4. The van der Waals surface area contributed by atoms with Crippen LogP contribution in [0.25, 0.3) is 0 Å². The molecular formula is C19H19ClN4O4S. The first-order valence-corrected chi connectivity index (χ1v) is 10.3. The van der Waals surface area contributed by atoms with Crippen LogP contribution in [0.2, 0.25) is 5.02 Å². The highest BCUT2D eigenvalue weighted by Crippen LogP contribution is 2.39. The van der Waals surface area contributed by atoms with Crippen LogP contribution < -0.4 is 14.8 Å². The number of ether oxygens (including phenoxy) is 2. The van der Waals surface area contributed by atoms with E-state index in [0.29, 0.717) is 33.9 Å². The molecule has 152 valence electrons. The fraction of sp³-hybridized carbons (Fsp3) is 0.316. The van der Waals surface area contributed by atoms with Gasteiger partial charge in [0, 0.05) is 18.1 Å². The van der Waals surface area contributed by atoms with Crippen LogP contribution in [0.1, 0.15) is 31.4 Å². The third kappa shape index (κ3) is 4.35. The van der Waals surface area contributed by atoms with E-state index in [4.69, 9.17) is 25.5 Å². The second-order valence-electron chi connectivity index (χ2n) is 6.68. The van der Waals surface area contributed by atoms with Crippen molar-refractivity contribution in [1.29, 1.82) is 0 Å². The van der Waals surface area contributed by atoms with Crippen molar-refractivity contribution in [2.75, 3.05) is 17.9 Å². The van der Waals surface area contributed by atoms with Gasteiger partial charge in [-0.1, -0.05) is 37.2 Å². The summed E-state index contributed by atoms with van der Waals surface area (Å²) < 4.78 is 18.0. The number of rotatable bonds is 7. The van der Waals surface area contributed by atoms with Gasteiger partial charge in [0.1, 0.15) is 11.6 Å². The first-order valence-electron chi connectivity index (χ1n) is 8.98. The Bertz CT molecular complexity index is 1020. The molecule has 1 N–H and O–H groups in total. The Kier molecular flexibility index (Phi) is 5.68. The van der Waals surface area contributed by atoms with Crippen LogP contribution in [0.5, 0.6) is 11.5 Å². The lowest BCUT2D eigenvalue weighted by atomic mass is 10.2. The van der Waals surface area contributed by atoms with E-state index in [9.17, 15) is 4.79 Å². The zero-order chi connectivity index (χ0) is 20.4. The lowest BCUT2D eigenvalue weighted by molar-refractivity contribution is -0.113. The number of nitrogens with one attached hydrogen (secondary N) is 1. The Hall–Kier alpha value is -2.65. The molecule has 0 aliphatic carbocycles. The number of hydrogen-bond donors (Lipinski definition) is 1. The highest BCUT2D eigenvalue weighted by Gasteiger charge is 2.20. The molecule has 8 nitrogen and oxygen atoms in total. The number of halogens is 1. The van der Waals surface area contributed by atoms with Gasteiger partial charge < -0.3 is 19.2 Å². The topological polar surface area (TPSA) is 91.4 Å². The Morgan fingerprint density at radius 2 is 2.10 bits per heavy atom. The number of carbonyl (C=O) groups is 1. The number of hydrogen-bond acceptors (Lipinski definition) is 7. The van der Waals surface area contributed by atoms with Crippen LogP contribution in [0.15, 0.2) is 40.1 Å². The van der Waals surface area contributed by atoms with E-state index in [-0.39, 0.29) is 24.4 Å². The number of benzene rings is 1. The molecule has 0 saturated heterocycles. The van der Waals surface area contributed by atoms with Crippen molar-refractivity contribution in [3.8, 4) is 11.5 Å². The molecule has 3 heterocycles. The number of amides is 1. The van der Waals surface area contributed by atoms with Crippen LogP contribution in [-0.4, -0.2) is 33.2 Å². The molecule has 10 heteroatoms. The summed E-state index contributed by atoms with van der Waals surface area (Å²) in [6, 6.07) is 7.02. The monoisotopic (exact) mass is 434 g/mol. The zero-order valence-corrected chi connectivity index (χ0v) is 17.4. The van der Waals surface area contributed by atoms with Gasteiger partial charge in [-0.05, 0) is 12.1 Å². The molecule has 2 aromatic heterocycles. The van der Waals surface area contributed by atoms with Crippen LogP contribution >= 0.6 is 23.4 Å². The zero-order valence-electron chi connectivity index (χ0n) is 15.8.